The van der Waals surface area contributed by atoms with Gasteiger partial charge in [-0.15, -0.1) is 0 Å². The van der Waals surface area contributed by atoms with Crippen molar-refractivity contribution in [1.82, 2.24) is 20.9 Å². The number of aromatic nitrogens is 1. The molecule has 13 heteroatoms. The smallest absolute Gasteiger partial charge is 0.326 e. The number of para-hydroxylation sites is 1. The summed E-state index contributed by atoms with van der Waals surface area (Å²) in [5.41, 5.74) is 13.1. The van der Waals surface area contributed by atoms with Gasteiger partial charge in [0.05, 0.1) is 6.04 Å². The maximum Gasteiger partial charge on any atom is 0.326 e. The first-order chi connectivity index (χ1) is 19.5. The molecule has 5 unspecified atom stereocenters. The van der Waals surface area contributed by atoms with Crippen LogP contribution in [-0.4, -0.2) is 75.6 Å². The van der Waals surface area contributed by atoms with Crippen LogP contribution in [0.5, 0.6) is 0 Å². The quantitative estimate of drug-likeness (QED) is 0.116. The number of aliphatic carboxylic acids is 2. The zero-order valence-electron chi connectivity index (χ0n) is 23.5. The maximum atomic E-state index is 13.6. The number of nitrogens with two attached hydrogens (primary N) is 2. The van der Waals surface area contributed by atoms with Crippen LogP contribution in [-0.2, 0) is 30.4 Å². The molecule has 1 aromatic heterocycles. The highest BCUT2D eigenvalue weighted by Gasteiger charge is 2.31. The Morgan fingerprint density at radius 2 is 1.54 bits per heavy atom. The molecule has 13 nitrogen and oxygen atoms in total. The van der Waals surface area contributed by atoms with Gasteiger partial charge in [-0.3, -0.25) is 19.2 Å². The summed E-state index contributed by atoms with van der Waals surface area (Å²) in [6, 6.07) is 2.78. The largest absolute Gasteiger partial charge is 0.481 e. The van der Waals surface area contributed by atoms with Crippen LogP contribution in [0.25, 0.3) is 10.9 Å². The average molecular weight is 575 g/mol. The molecule has 226 valence electrons. The monoisotopic (exact) mass is 574 g/mol. The minimum absolute atomic E-state index is 0.0545. The van der Waals surface area contributed by atoms with Gasteiger partial charge in [0.2, 0.25) is 17.7 Å². The van der Waals surface area contributed by atoms with Crippen LogP contribution in [0.15, 0.2) is 30.5 Å². The van der Waals surface area contributed by atoms with Crippen molar-refractivity contribution in [2.24, 2.45) is 17.4 Å². The second-order valence-corrected chi connectivity index (χ2v) is 10.2. The summed E-state index contributed by atoms with van der Waals surface area (Å²) in [5.74, 6) is -4.74. The number of amides is 3. The molecule has 10 N–H and O–H groups in total. The van der Waals surface area contributed by atoms with Crippen molar-refractivity contribution in [2.75, 3.05) is 6.54 Å². The van der Waals surface area contributed by atoms with Gasteiger partial charge in [-0.2, -0.15) is 0 Å². The van der Waals surface area contributed by atoms with Crippen LogP contribution in [0.4, 0.5) is 0 Å². The summed E-state index contributed by atoms with van der Waals surface area (Å²) in [4.78, 5) is 65.7. The van der Waals surface area contributed by atoms with Crippen molar-refractivity contribution in [3.8, 4) is 0 Å². The number of rotatable bonds is 18. The van der Waals surface area contributed by atoms with Crippen molar-refractivity contribution in [2.45, 2.75) is 83.0 Å². The molecule has 1 heterocycles. The van der Waals surface area contributed by atoms with Gasteiger partial charge in [0.25, 0.3) is 0 Å². The molecule has 0 spiro atoms. The zero-order valence-corrected chi connectivity index (χ0v) is 23.5. The van der Waals surface area contributed by atoms with Gasteiger partial charge in [-0.25, -0.2) is 4.79 Å². The fraction of sp³-hybridized carbons (Fsp3) is 0.536. The topological polar surface area (TPSA) is 230 Å². The number of hydrogen-bond donors (Lipinski definition) is 8. The lowest BCUT2D eigenvalue weighted by Gasteiger charge is -2.26. The van der Waals surface area contributed by atoms with E-state index in [0.717, 1.165) is 16.5 Å². The number of carboxylic acids is 2. The second-order valence-electron chi connectivity index (χ2n) is 10.2. The fourth-order valence-electron chi connectivity index (χ4n) is 4.34. The van der Waals surface area contributed by atoms with E-state index in [0.29, 0.717) is 25.8 Å². The van der Waals surface area contributed by atoms with E-state index in [1.807, 2.05) is 38.1 Å². The van der Waals surface area contributed by atoms with E-state index in [-0.39, 0.29) is 25.2 Å². The number of H-pyrrole nitrogens is 1. The molecule has 0 fully saturated rings. The number of carbonyl (C=O) groups excluding carboxylic acids is 3. The number of benzene rings is 1. The molecular formula is C28H42N6O7. The number of nitrogens with one attached hydrogen (secondary N) is 4. The summed E-state index contributed by atoms with van der Waals surface area (Å²) >= 11 is 0. The Bertz CT molecular complexity index is 1200. The second kappa shape index (κ2) is 16.3. The average Bonchev–Trinajstić information content (AvgIpc) is 3.35. The normalized spacial score (nSPS) is 14.8. The molecular weight excluding hydrogens is 532 g/mol. The summed E-state index contributed by atoms with van der Waals surface area (Å²) in [5, 5.41) is 27.2. The van der Waals surface area contributed by atoms with E-state index in [1.165, 1.54) is 0 Å². The van der Waals surface area contributed by atoms with Crippen LogP contribution >= 0.6 is 0 Å². The Balaban J connectivity index is 2.30. The Labute approximate surface area is 238 Å². The van der Waals surface area contributed by atoms with Crippen LogP contribution in [0.1, 0.15) is 57.9 Å². The van der Waals surface area contributed by atoms with Crippen molar-refractivity contribution in [1.29, 1.82) is 0 Å². The fourth-order valence-corrected chi connectivity index (χ4v) is 4.34. The van der Waals surface area contributed by atoms with Crippen LogP contribution in [0.2, 0.25) is 0 Å². The van der Waals surface area contributed by atoms with E-state index < -0.39 is 60.2 Å². The Morgan fingerprint density at radius 1 is 0.902 bits per heavy atom. The molecule has 0 aliphatic heterocycles. The maximum absolute atomic E-state index is 13.6. The lowest BCUT2D eigenvalue weighted by molar-refractivity contribution is -0.143. The number of fused-ring (bicyclic) bond motifs is 1. The van der Waals surface area contributed by atoms with Gasteiger partial charge in [-0.05, 0) is 49.8 Å². The predicted molar refractivity (Wildman–Crippen MR) is 153 cm³/mol. The Morgan fingerprint density at radius 3 is 2.17 bits per heavy atom. The summed E-state index contributed by atoms with van der Waals surface area (Å²) in [6.07, 6.45) is 2.80. The van der Waals surface area contributed by atoms with Crippen molar-refractivity contribution < 1.29 is 34.2 Å². The van der Waals surface area contributed by atoms with Gasteiger partial charge < -0.3 is 42.6 Å². The molecule has 0 saturated heterocycles. The molecule has 41 heavy (non-hydrogen) atoms. The van der Waals surface area contributed by atoms with E-state index in [1.54, 1.807) is 6.20 Å². The van der Waals surface area contributed by atoms with E-state index in [2.05, 4.69) is 20.9 Å². The zero-order chi connectivity index (χ0) is 30.5. The summed E-state index contributed by atoms with van der Waals surface area (Å²) in [6.45, 7) is 4.07. The molecule has 0 aliphatic rings. The van der Waals surface area contributed by atoms with E-state index in [9.17, 15) is 34.2 Å². The number of carboxylic acid groups (broad SMARTS) is 2. The molecule has 0 saturated carbocycles. The number of aromatic amines is 1. The first-order valence-electron chi connectivity index (χ1n) is 13.8. The highest BCUT2D eigenvalue weighted by atomic mass is 16.4. The Hall–Kier alpha value is -3.97. The Kier molecular flexibility index (Phi) is 13.2. The van der Waals surface area contributed by atoms with Crippen molar-refractivity contribution in [3.05, 3.63) is 36.0 Å². The molecule has 1 aromatic carbocycles. The molecule has 2 aromatic rings. The first-order valence-corrected chi connectivity index (χ1v) is 13.8. The molecule has 0 bridgehead atoms. The van der Waals surface area contributed by atoms with Gasteiger partial charge in [0.15, 0.2) is 0 Å². The molecule has 2 rings (SSSR count). The number of carbonyl (C=O) groups is 5. The van der Waals surface area contributed by atoms with Crippen LogP contribution in [0, 0.1) is 5.92 Å². The minimum atomic E-state index is -1.36. The third-order valence-electron chi connectivity index (χ3n) is 7.13. The SMILES string of the molecule is CCC(C)C(N)C(=O)NC(Cc1c[nH]c2ccccc12)C(=O)NC(CCC(=O)O)C(=O)NC(CCCCN)C(=O)O. The van der Waals surface area contributed by atoms with Crippen LogP contribution in [0.3, 0.4) is 0 Å². The van der Waals surface area contributed by atoms with Crippen molar-refractivity contribution in [3.63, 3.8) is 0 Å². The molecule has 0 aliphatic carbocycles. The highest BCUT2D eigenvalue weighted by molar-refractivity contribution is 5.95. The third kappa shape index (κ3) is 10.2. The number of hydrogen-bond acceptors (Lipinski definition) is 7. The third-order valence-corrected chi connectivity index (χ3v) is 7.13. The highest BCUT2D eigenvalue weighted by Crippen LogP contribution is 2.19. The van der Waals surface area contributed by atoms with Gasteiger partial charge in [0, 0.05) is 29.9 Å². The van der Waals surface area contributed by atoms with Gasteiger partial charge in [0.1, 0.15) is 18.1 Å². The lowest BCUT2D eigenvalue weighted by Crippen LogP contribution is -2.58. The lowest BCUT2D eigenvalue weighted by atomic mass is 9.98. The number of unbranched alkanes of at least 4 members (excludes halogenated alkanes) is 1. The minimum Gasteiger partial charge on any atom is -0.481 e. The van der Waals surface area contributed by atoms with E-state index in [4.69, 9.17) is 11.5 Å². The van der Waals surface area contributed by atoms with Gasteiger partial charge in [-0.1, -0.05) is 38.5 Å². The first kappa shape index (κ1) is 33.2. The van der Waals surface area contributed by atoms with Crippen LogP contribution < -0.4 is 27.4 Å². The summed E-state index contributed by atoms with van der Waals surface area (Å²) < 4.78 is 0. The van der Waals surface area contributed by atoms with Crippen molar-refractivity contribution >= 4 is 40.6 Å². The van der Waals surface area contributed by atoms with E-state index >= 15 is 0 Å². The molecule has 3 amide bonds. The predicted octanol–water partition coefficient (Wildman–Crippen LogP) is 0.617. The van der Waals surface area contributed by atoms with Gasteiger partial charge >= 0.3 is 11.9 Å². The summed E-state index contributed by atoms with van der Waals surface area (Å²) in [7, 11) is 0. The molecule has 0 radical (unpaired) electrons. The standard InChI is InChI=1S/C28H42N6O7/c1-3-16(2)24(30)27(39)34-22(14-17-15-31-19-9-5-4-8-18(17)19)26(38)32-20(11-12-23(35)36)25(37)33-21(28(40)41)10-6-7-13-29/h4-5,8-9,15-16,20-22,24,31H,3,6-7,10-14,29-30H2,1-2H3,(H,32,38)(H,33,37)(H,34,39)(H,35,36)(H,40,41). The molecule has 5 atom stereocenters.